The second kappa shape index (κ2) is 9.33. The zero-order valence-corrected chi connectivity index (χ0v) is 27.1. The van der Waals surface area contributed by atoms with Gasteiger partial charge in [0.2, 0.25) is 0 Å². The van der Waals surface area contributed by atoms with Crippen molar-refractivity contribution in [1.29, 1.82) is 0 Å². The van der Waals surface area contributed by atoms with Gasteiger partial charge in [-0.3, -0.25) is 0 Å². The van der Waals surface area contributed by atoms with Crippen LogP contribution in [0.2, 0.25) is 0 Å². The zero-order chi connectivity index (χ0) is 31.6. The van der Waals surface area contributed by atoms with Gasteiger partial charge in [-0.2, -0.15) is 0 Å². The Bertz CT molecular complexity index is 2500. The molecule has 0 aromatic heterocycles. The predicted octanol–water partition coefficient (Wildman–Crippen LogP) is 11.5. The minimum Gasteiger partial charge on any atom is -0.0798 e. The topological polar surface area (TPSA) is 0 Å². The predicted molar refractivity (Wildman–Crippen MR) is 199 cm³/mol. The first kappa shape index (κ1) is 26.6. The fourth-order valence-corrected chi connectivity index (χ4v) is 10.6. The van der Waals surface area contributed by atoms with Crippen LogP contribution >= 0.6 is 0 Å². The van der Waals surface area contributed by atoms with Crippen molar-refractivity contribution in [3.8, 4) is 11.1 Å². The summed E-state index contributed by atoms with van der Waals surface area (Å²) in [7, 11) is 0. The van der Waals surface area contributed by atoms with Gasteiger partial charge in [0.1, 0.15) is 0 Å². The molecule has 6 aromatic rings. The number of hydrogen-bond donors (Lipinski definition) is 0. The minimum absolute atomic E-state index is 0.340. The third kappa shape index (κ3) is 3.03. The number of hydrogen-bond acceptors (Lipinski definition) is 0. The van der Waals surface area contributed by atoms with Gasteiger partial charge in [-0.25, -0.2) is 0 Å². The van der Waals surface area contributed by atoms with Gasteiger partial charge in [-0.1, -0.05) is 146 Å². The van der Waals surface area contributed by atoms with Gasteiger partial charge in [-0.15, -0.1) is 0 Å². The fraction of sp³-hybridized carbons (Fsp3) is 0.125. The highest BCUT2D eigenvalue weighted by atomic mass is 14.6. The van der Waals surface area contributed by atoms with E-state index in [0.29, 0.717) is 0 Å². The molecule has 0 bridgehead atoms. The Hall–Kier alpha value is -5.46. The zero-order valence-electron chi connectivity index (χ0n) is 27.1. The van der Waals surface area contributed by atoms with E-state index >= 15 is 0 Å². The third-order valence-electron chi connectivity index (χ3n) is 12.3. The molecule has 6 aromatic carbocycles. The van der Waals surface area contributed by atoms with Crippen LogP contribution in [-0.4, -0.2) is 0 Å². The molecule has 0 fully saturated rings. The molecule has 0 aliphatic heterocycles. The van der Waals surface area contributed by atoms with Crippen LogP contribution in [0, 0.1) is 0 Å². The first-order chi connectivity index (χ1) is 23.7. The molecule has 226 valence electrons. The molecule has 0 radical (unpaired) electrons. The average Bonchev–Trinajstić information content (AvgIpc) is 3.81. The summed E-state index contributed by atoms with van der Waals surface area (Å²) in [5.41, 5.74) is 20.8. The van der Waals surface area contributed by atoms with Crippen LogP contribution in [0.4, 0.5) is 0 Å². The number of fused-ring (bicyclic) bond motifs is 16. The molecular weight excluding hydrogens is 577 g/mol. The van der Waals surface area contributed by atoms with Crippen molar-refractivity contribution in [2.45, 2.75) is 37.0 Å². The third-order valence-corrected chi connectivity index (χ3v) is 12.3. The first-order valence-corrected chi connectivity index (χ1v) is 17.5. The summed E-state index contributed by atoms with van der Waals surface area (Å²) in [6, 6.07) is 51.1. The van der Waals surface area contributed by atoms with E-state index in [1.807, 2.05) is 0 Å². The van der Waals surface area contributed by atoms with Crippen LogP contribution in [0.25, 0.3) is 33.0 Å². The van der Waals surface area contributed by atoms with Gasteiger partial charge < -0.3 is 0 Å². The number of benzene rings is 6. The first-order valence-electron chi connectivity index (χ1n) is 17.5. The maximum Gasteiger partial charge on any atom is 0.0717 e. The van der Waals surface area contributed by atoms with E-state index in [-0.39, 0.29) is 5.41 Å². The van der Waals surface area contributed by atoms with Gasteiger partial charge in [-0.05, 0) is 127 Å². The van der Waals surface area contributed by atoms with Crippen LogP contribution < -0.4 is 0 Å². The summed E-state index contributed by atoms with van der Waals surface area (Å²) in [4.78, 5) is 0. The van der Waals surface area contributed by atoms with Gasteiger partial charge in [0.05, 0.1) is 10.8 Å². The van der Waals surface area contributed by atoms with E-state index in [0.717, 1.165) is 19.3 Å². The average molecular weight is 611 g/mol. The summed E-state index contributed by atoms with van der Waals surface area (Å²) in [6.07, 6.45) is 10.5. The largest absolute Gasteiger partial charge is 0.0798 e. The number of allylic oxidation sites excluding steroid dienone is 8. The highest BCUT2D eigenvalue weighted by molar-refractivity contribution is 5.96. The lowest BCUT2D eigenvalue weighted by Gasteiger charge is -2.50. The van der Waals surface area contributed by atoms with Crippen LogP contribution in [0.1, 0.15) is 64.3 Å². The Labute approximate surface area is 282 Å². The summed E-state index contributed by atoms with van der Waals surface area (Å²) in [5.74, 6) is 0. The van der Waals surface area contributed by atoms with Crippen molar-refractivity contribution in [3.63, 3.8) is 0 Å². The molecule has 1 unspecified atom stereocenters. The molecule has 0 saturated carbocycles. The Morgan fingerprint density at radius 3 is 1.71 bits per heavy atom. The minimum atomic E-state index is -0.416. The van der Waals surface area contributed by atoms with E-state index in [2.05, 4.69) is 159 Å². The molecule has 2 spiro atoms. The Morgan fingerprint density at radius 2 is 1.02 bits per heavy atom. The quantitative estimate of drug-likeness (QED) is 0.160. The van der Waals surface area contributed by atoms with Crippen molar-refractivity contribution in [3.05, 3.63) is 213 Å². The van der Waals surface area contributed by atoms with E-state index in [4.69, 9.17) is 0 Å². The standard InChI is InChI=1S/C48H34/c1-30-27-46-45(26-25-33-28-31-13-2-3-14-32(31)29-38(30)33)47(39-19-7-4-17-36(39)37-18-12-24-42(37)47)43-22-10-11-23-44(43)48(46)40-20-8-5-15-34(40)35-16-6-9-21-41(35)48/h2-17,19-24,27-29H,18,25-26H2,1H3/b30-27+. The second-order valence-corrected chi connectivity index (χ2v) is 14.3. The van der Waals surface area contributed by atoms with Crippen LogP contribution in [-0.2, 0) is 17.3 Å². The van der Waals surface area contributed by atoms with Crippen molar-refractivity contribution < 1.29 is 0 Å². The lowest BCUT2D eigenvalue weighted by molar-refractivity contribution is 0.592. The second-order valence-electron chi connectivity index (χ2n) is 14.3. The monoisotopic (exact) mass is 610 g/mol. The molecule has 0 heterocycles. The SMILES string of the molecule is C/C1=C\C2=C(CCc3cc4ccccc4cc31)C1(C3=C(CC=C3)c3ccccc31)c1ccccc1C21c2ccccc2-c2ccccc21. The molecule has 0 amide bonds. The fourth-order valence-electron chi connectivity index (χ4n) is 10.6. The van der Waals surface area contributed by atoms with Gasteiger partial charge in [0.15, 0.2) is 0 Å². The molecule has 11 rings (SSSR count). The Morgan fingerprint density at radius 1 is 0.479 bits per heavy atom. The van der Waals surface area contributed by atoms with Crippen molar-refractivity contribution in [2.24, 2.45) is 0 Å². The summed E-state index contributed by atoms with van der Waals surface area (Å²) in [5, 5.41) is 2.64. The maximum atomic E-state index is 2.62. The van der Waals surface area contributed by atoms with Crippen molar-refractivity contribution in [1.82, 2.24) is 0 Å². The van der Waals surface area contributed by atoms with Gasteiger partial charge in [0, 0.05) is 0 Å². The summed E-state index contributed by atoms with van der Waals surface area (Å²) < 4.78 is 0. The van der Waals surface area contributed by atoms with E-state index in [1.165, 1.54) is 88.7 Å². The van der Waals surface area contributed by atoms with Gasteiger partial charge >= 0.3 is 0 Å². The summed E-state index contributed by atoms with van der Waals surface area (Å²) in [6.45, 7) is 2.36. The lowest BCUT2D eigenvalue weighted by atomic mass is 9.51. The van der Waals surface area contributed by atoms with Gasteiger partial charge in [0.25, 0.3) is 0 Å². The molecule has 0 N–H and O–H groups in total. The van der Waals surface area contributed by atoms with Crippen LogP contribution in [0.5, 0.6) is 0 Å². The van der Waals surface area contributed by atoms with Crippen molar-refractivity contribution in [2.75, 3.05) is 0 Å². The van der Waals surface area contributed by atoms with E-state index in [1.54, 1.807) is 5.57 Å². The highest BCUT2D eigenvalue weighted by Gasteiger charge is 2.59. The number of aryl methyl sites for hydroxylation is 1. The normalized spacial score (nSPS) is 21.6. The smallest absolute Gasteiger partial charge is 0.0717 e. The molecule has 0 saturated heterocycles. The maximum absolute atomic E-state index is 2.62. The molecule has 1 atom stereocenters. The molecule has 0 heteroatoms. The molecule has 0 nitrogen and oxygen atoms in total. The molecule has 5 aliphatic carbocycles. The molecule has 5 aliphatic rings. The summed E-state index contributed by atoms with van der Waals surface area (Å²) >= 11 is 0. The Balaban J connectivity index is 1.35. The van der Waals surface area contributed by atoms with Crippen LogP contribution in [0.15, 0.2) is 168 Å². The van der Waals surface area contributed by atoms with E-state index in [9.17, 15) is 0 Å². The van der Waals surface area contributed by atoms with E-state index < -0.39 is 5.41 Å². The Kier molecular flexibility index (Phi) is 5.17. The van der Waals surface area contributed by atoms with Crippen LogP contribution in [0.3, 0.4) is 0 Å². The highest BCUT2D eigenvalue weighted by Crippen LogP contribution is 2.69. The number of rotatable bonds is 0. The molecular formula is C48H34. The molecule has 48 heavy (non-hydrogen) atoms. The van der Waals surface area contributed by atoms with Crippen molar-refractivity contribution >= 4 is 21.9 Å². The lowest BCUT2D eigenvalue weighted by Crippen LogP contribution is -2.44.